The maximum absolute atomic E-state index is 12.9. The summed E-state index contributed by atoms with van der Waals surface area (Å²) in [4.78, 5) is 18.9. The molecule has 0 bridgehead atoms. The molecule has 0 spiro atoms. The Hall–Kier alpha value is -2.37. The number of likely N-dealkylation sites (tertiary alicyclic amines) is 1. The molecular weight excluding hydrogens is 341 g/mol. The van der Waals surface area contributed by atoms with Crippen LogP contribution in [0.15, 0.2) is 36.5 Å². The molecule has 6 heteroatoms. The summed E-state index contributed by atoms with van der Waals surface area (Å²) in [7, 11) is 0. The summed E-state index contributed by atoms with van der Waals surface area (Å²) in [5.74, 6) is 0.0165. The van der Waals surface area contributed by atoms with Gasteiger partial charge in [-0.2, -0.15) is 13.2 Å². The van der Waals surface area contributed by atoms with Gasteiger partial charge in [0.15, 0.2) is 0 Å². The average Bonchev–Trinajstić information content (AvgIpc) is 2.63. The van der Waals surface area contributed by atoms with E-state index in [-0.39, 0.29) is 11.8 Å². The lowest BCUT2D eigenvalue weighted by Crippen LogP contribution is -2.39. The normalized spacial score (nSPS) is 18.0. The number of aryl methyl sites for hydroxylation is 1. The molecule has 1 aromatic carbocycles. The number of nitrogens with zero attached hydrogens (tertiary/aromatic N) is 2. The van der Waals surface area contributed by atoms with E-state index in [4.69, 9.17) is 0 Å². The fraction of sp³-hybridized carbons (Fsp3) is 0.400. The van der Waals surface area contributed by atoms with Crippen LogP contribution in [0.1, 0.15) is 51.5 Å². The van der Waals surface area contributed by atoms with Gasteiger partial charge in [0, 0.05) is 36.5 Å². The highest BCUT2D eigenvalue weighted by atomic mass is 19.4. The Morgan fingerprint density at radius 1 is 1.15 bits per heavy atom. The van der Waals surface area contributed by atoms with Crippen LogP contribution in [0.2, 0.25) is 0 Å². The molecular formula is C20H21F3N2O. The fourth-order valence-corrected chi connectivity index (χ4v) is 3.42. The summed E-state index contributed by atoms with van der Waals surface area (Å²) in [6.07, 6.45) is -0.999. The van der Waals surface area contributed by atoms with Gasteiger partial charge in [-0.15, -0.1) is 0 Å². The number of carbonyl (C=O) groups excluding carboxylic acids is 1. The number of hydrogen-bond acceptors (Lipinski definition) is 2. The van der Waals surface area contributed by atoms with Gasteiger partial charge in [0.25, 0.3) is 5.91 Å². The van der Waals surface area contributed by atoms with Crippen molar-refractivity contribution >= 4 is 5.91 Å². The SMILES string of the molecule is Cc1nccc(C(=O)N2CCCC(c3ccc(C(F)(F)F)cc3)C2)c1C. The molecule has 1 aliphatic heterocycles. The van der Waals surface area contributed by atoms with E-state index in [0.29, 0.717) is 18.7 Å². The molecule has 0 saturated carbocycles. The van der Waals surface area contributed by atoms with Crippen molar-refractivity contribution in [2.45, 2.75) is 38.8 Å². The second kappa shape index (κ2) is 7.09. The van der Waals surface area contributed by atoms with Crippen LogP contribution in [-0.4, -0.2) is 28.9 Å². The molecule has 1 atom stereocenters. The second-order valence-electron chi connectivity index (χ2n) is 6.78. The molecule has 2 aromatic rings. The van der Waals surface area contributed by atoms with E-state index in [1.165, 1.54) is 12.1 Å². The Labute approximate surface area is 150 Å². The topological polar surface area (TPSA) is 33.2 Å². The van der Waals surface area contributed by atoms with Crippen LogP contribution in [-0.2, 0) is 6.18 Å². The van der Waals surface area contributed by atoms with Crippen molar-refractivity contribution in [3.8, 4) is 0 Å². The van der Waals surface area contributed by atoms with E-state index in [9.17, 15) is 18.0 Å². The van der Waals surface area contributed by atoms with Crippen LogP contribution in [0.5, 0.6) is 0 Å². The highest BCUT2D eigenvalue weighted by Crippen LogP contribution is 2.32. The van der Waals surface area contributed by atoms with Crippen molar-refractivity contribution in [2.75, 3.05) is 13.1 Å². The van der Waals surface area contributed by atoms with E-state index < -0.39 is 11.7 Å². The standard InChI is InChI=1S/C20H21F3N2O/c1-13-14(2)24-10-9-18(13)19(26)25-11-3-4-16(12-25)15-5-7-17(8-6-15)20(21,22)23/h5-10,16H,3-4,11-12H2,1-2H3. The molecule has 1 aromatic heterocycles. The Morgan fingerprint density at radius 3 is 2.50 bits per heavy atom. The van der Waals surface area contributed by atoms with Crippen molar-refractivity contribution in [3.05, 3.63) is 64.5 Å². The van der Waals surface area contributed by atoms with Gasteiger partial charge in [0.1, 0.15) is 0 Å². The molecule has 26 heavy (non-hydrogen) atoms. The zero-order valence-corrected chi connectivity index (χ0v) is 14.8. The van der Waals surface area contributed by atoms with Gasteiger partial charge in [-0.25, -0.2) is 0 Å². The van der Waals surface area contributed by atoms with Crippen molar-refractivity contribution < 1.29 is 18.0 Å². The molecule has 1 aliphatic rings. The molecule has 1 unspecified atom stereocenters. The van der Waals surface area contributed by atoms with Crippen LogP contribution >= 0.6 is 0 Å². The Kier molecular flexibility index (Phi) is 5.03. The summed E-state index contributed by atoms with van der Waals surface area (Å²) in [6, 6.07) is 7.03. The van der Waals surface area contributed by atoms with Gasteiger partial charge in [-0.3, -0.25) is 9.78 Å². The van der Waals surface area contributed by atoms with E-state index in [1.807, 2.05) is 13.8 Å². The highest BCUT2D eigenvalue weighted by Gasteiger charge is 2.31. The van der Waals surface area contributed by atoms with Gasteiger partial charge in [0.2, 0.25) is 0 Å². The highest BCUT2D eigenvalue weighted by molar-refractivity contribution is 5.95. The summed E-state index contributed by atoms with van der Waals surface area (Å²) in [6.45, 7) is 4.93. The van der Waals surface area contributed by atoms with Crippen LogP contribution < -0.4 is 0 Å². The third-order valence-electron chi connectivity index (χ3n) is 5.10. The molecule has 3 rings (SSSR count). The lowest BCUT2D eigenvalue weighted by Gasteiger charge is -2.33. The van der Waals surface area contributed by atoms with E-state index in [1.54, 1.807) is 17.2 Å². The summed E-state index contributed by atoms with van der Waals surface area (Å²) < 4.78 is 38.2. The number of aromatic nitrogens is 1. The number of piperidine rings is 1. The molecule has 0 radical (unpaired) electrons. The predicted molar refractivity (Wildman–Crippen MR) is 93.0 cm³/mol. The zero-order chi connectivity index (χ0) is 18.9. The number of pyridine rings is 1. The number of amides is 1. The molecule has 2 heterocycles. The Morgan fingerprint density at radius 2 is 1.85 bits per heavy atom. The Balaban J connectivity index is 1.77. The Bertz CT molecular complexity index is 800. The van der Waals surface area contributed by atoms with Crippen molar-refractivity contribution in [3.63, 3.8) is 0 Å². The quantitative estimate of drug-likeness (QED) is 0.773. The van der Waals surface area contributed by atoms with Crippen LogP contribution in [0.4, 0.5) is 13.2 Å². The minimum atomic E-state index is -4.33. The molecule has 0 aliphatic carbocycles. The molecule has 1 saturated heterocycles. The first-order valence-electron chi connectivity index (χ1n) is 8.66. The first-order valence-corrected chi connectivity index (χ1v) is 8.66. The number of alkyl halides is 3. The lowest BCUT2D eigenvalue weighted by atomic mass is 9.89. The van der Waals surface area contributed by atoms with Crippen LogP contribution in [0.3, 0.4) is 0 Å². The van der Waals surface area contributed by atoms with Gasteiger partial charge in [0.05, 0.1) is 5.56 Å². The lowest BCUT2D eigenvalue weighted by molar-refractivity contribution is -0.137. The van der Waals surface area contributed by atoms with Crippen LogP contribution in [0, 0.1) is 13.8 Å². The van der Waals surface area contributed by atoms with Gasteiger partial charge in [-0.1, -0.05) is 12.1 Å². The van der Waals surface area contributed by atoms with Gasteiger partial charge < -0.3 is 4.90 Å². The van der Waals surface area contributed by atoms with E-state index >= 15 is 0 Å². The largest absolute Gasteiger partial charge is 0.416 e. The number of hydrogen-bond donors (Lipinski definition) is 0. The minimum absolute atomic E-state index is 0.0374. The molecule has 1 amide bonds. The van der Waals surface area contributed by atoms with Crippen LogP contribution in [0.25, 0.3) is 0 Å². The maximum Gasteiger partial charge on any atom is 0.416 e. The zero-order valence-electron chi connectivity index (χ0n) is 14.8. The molecule has 138 valence electrons. The first-order chi connectivity index (χ1) is 12.3. The third kappa shape index (κ3) is 3.74. The smallest absolute Gasteiger partial charge is 0.338 e. The summed E-state index contributed by atoms with van der Waals surface area (Å²) in [5.41, 5.74) is 2.54. The average molecular weight is 362 g/mol. The van der Waals surface area contributed by atoms with E-state index in [0.717, 1.165) is 41.8 Å². The minimum Gasteiger partial charge on any atom is -0.338 e. The van der Waals surface area contributed by atoms with E-state index in [2.05, 4.69) is 4.98 Å². The van der Waals surface area contributed by atoms with Gasteiger partial charge in [-0.05, 0) is 56.0 Å². The van der Waals surface area contributed by atoms with Crippen molar-refractivity contribution in [2.24, 2.45) is 0 Å². The second-order valence-corrected chi connectivity index (χ2v) is 6.78. The molecule has 0 N–H and O–H groups in total. The number of carbonyl (C=O) groups is 1. The first kappa shape index (κ1) is 18.4. The predicted octanol–water partition coefficient (Wildman–Crippen LogP) is 4.74. The van der Waals surface area contributed by atoms with Crippen molar-refractivity contribution in [1.29, 1.82) is 0 Å². The maximum atomic E-state index is 12.9. The summed E-state index contributed by atoms with van der Waals surface area (Å²) in [5, 5.41) is 0. The monoisotopic (exact) mass is 362 g/mol. The molecule has 3 nitrogen and oxygen atoms in total. The third-order valence-corrected chi connectivity index (χ3v) is 5.10. The summed E-state index contributed by atoms with van der Waals surface area (Å²) >= 11 is 0. The number of halogens is 3. The fourth-order valence-electron chi connectivity index (χ4n) is 3.42. The van der Waals surface area contributed by atoms with Gasteiger partial charge >= 0.3 is 6.18 Å². The van der Waals surface area contributed by atoms with Crippen molar-refractivity contribution in [1.82, 2.24) is 9.88 Å². The number of benzene rings is 1. The molecule has 1 fully saturated rings. The number of rotatable bonds is 2.